The molecule has 7 heteroatoms. The SMILES string of the molecule is CCCCCCN(C(=O)C(Cc1ccccc1)NC(=O)OC(C)(C)C)C(C(=O)NC(C)CCC)c1ccccc1C. The van der Waals surface area contributed by atoms with Crippen molar-refractivity contribution in [2.24, 2.45) is 0 Å². The summed E-state index contributed by atoms with van der Waals surface area (Å²) in [5.74, 6) is -0.512. The number of unbranched alkanes of at least 4 members (excludes halogenated alkanes) is 3. The second kappa shape index (κ2) is 16.8. The first-order valence-electron chi connectivity index (χ1n) is 15.2. The monoisotopic (exact) mass is 565 g/mol. The maximum Gasteiger partial charge on any atom is 0.408 e. The van der Waals surface area contributed by atoms with Gasteiger partial charge in [0.25, 0.3) is 0 Å². The molecule has 0 aliphatic heterocycles. The number of nitrogens with one attached hydrogen (secondary N) is 2. The number of carbonyl (C=O) groups excluding carboxylic acids is 3. The molecule has 2 rings (SSSR count). The molecule has 41 heavy (non-hydrogen) atoms. The average molecular weight is 566 g/mol. The predicted molar refractivity (Wildman–Crippen MR) is 166 cm³/mol. The summed E-state index contributed by atoms with van der Waals surface area (Å²) in [6.07, 6.45) is 5.19. The van der Waals surface area contributed by atoms with Gasteiger partial charge in [0.15, 0.2) is 0 Å². The van der Waals surface area contributed by atoms with Gasteiger partial charge in [-0.3, -0.25) is 9.59 Å². The third-order valence-corrected chi connectivity index (χ3v) is 6.96. The van der Waals surface area contributed by atoms with Crippen LogP contribution < -0.4 is 10.6 Å². The minimum Gasteiger partial charge on any atom is -0.444 e. The fourth-order valence-corrected chi connectivity index (χ4v) is 4.95. The molecule has 0 aromatic heterocycles. The number of benzene rings is 2. The zero-order valence-electron chi connectivity index (χ0n) is 26.2. The Bertz CT molecular complexity index is 1100. The molecule has 3 atom stereocenters. The van der Waals surface area contributed by atoms with Crippen LogP contribution in [0.2, 0.25) is 0 Å². The van der Waals surface area contributed by atoms with Gasteiger partial charge in [-0.05, 0) is 64.2 Å². The van der Waals surface area contributed by atoms with Crippen LogP contribution in [0.4, 0.5) is 4.79 Å². The van der Waals surface area contributed by atoms with E-state index in [4.69, 9.17) is 4.74 Å². The maximum atomic E-state index is 14.5. The van der Waals surface area contributed by atoms with Crippen molar-refractivity contribution in [1.82, 2.24) is 15.5 Å². The first-order chi connectivity index (χ1) is 19.5. The molecule has 3 amide bonds. The van der Waals surface area contributed by atoms with E-state index in [1.54, 1.807) is 25.7 Å². The molecule has 0 heterocycles. The van der Waals surface area contributed by atoms with E-state index in [9.17, 15) is 14.4 Å². The van der Waals surface area contributed by atoms with Crippen molar-refractivity contribution < 1.29 is 19.1 Å². The first kappa shape index (κ1) is 33.9. The zero-order chi connectivity index (χ0) is 30.4. The number of hydrogen-bond donors (Lipinski definition) is 2. The molecule has 2 aromatic carbocycles. The Hall–Kier alpha value is -3.35. The van der Waals surface area contributed by atoms with Crippen LogP contribution >= 0.6 is 0 Å². The second-order valence-electron chi connectivity index (χ2n) is 11.9. The van der Waals surface area contributed by atoms with Crippen molar-refractivity contribution >= 4 is 17.9 Å². The highest BCUT2D eigenvalue weighted by molar-refractivity contribution is 5.92. The molecule has 0 bridgehead atoms. The molecule has 0 aliphatic rings. The van der Waals surface area contributed by atoms with Crippen LogP contribution in [-0.4, -0.2) is 47.0 Å². The molecule has 226 valence electrons. The van der Waals surface area contributed by atoms with Gasteiger partial charge in [-0.15, -0.1) is 0 Å². The molecular formula is C34H51N3O4. The fraction of sp³-hybridized carbons (Fsp3) is 0.559. The van der Waals surface area contributed by atoms with Gasteiger partial charge in [0.05, 0.1) is 0 Å². The molecule has 7 nitrogen and oxygen atoms in total. The van der Waals surface area contributed by atoms with Gasteiger partial charge in [-0.1, -0.05) is 94.1 Å². The second-order valence-corrected chi connectivity index (χ2v) is 11.9. The van der Waals surface area contributed by atoms with E-state index >= 15 is 0 Å². The number of ether oxygens (including phenoxy) is 1. The Labute approximate surface area is 247 Å². The summed E-state index contributed by atoms with van der Waals surface area (Å²) in [7, 11) is 0. The number of nitrogens with zero attached hydrogens (tertiary/aromatic N) is 1. The minimum atomic E-state index is -0.911. The standard InChI is InChI=1S/C34H51N3O4/c1-8-10-11-17-23-37(30(28-22-16-15-19-25(28)3)31(38)35-26(4)18-9-2)32(39)29(24-27-20-13-12-14-21-27)36-33(40)41-34(5,6)7/h12-16,19-22,26,29-30H,8-11,17-18,23-24H2,1-7H3,(H,35,38)(H,36,40). The third-order valence-electron chi connectivity index (χ3n) is 6.96. The van der Waals surface area contributed by atoms with Crippen LogP contribution in [0.15, 0.2) is 54.6 Å². The lowest BCUT2D eigenvalue weighted by molar-refractivity contribution is -0.142. The molecule has 2 aromatic rings. The molecular weight excluding hydrogens is 514 g/mol. The lowest BCUT2D eigenvalue weighted by Gasteiger charge is -2.36. The number of carbonyl (C=O) groups is 3. The van der Waals surface area contributed by atoms with Crippen LogP contribution in [0.5, 0.6) is 0 Å². The molecule has 0 saturated carbocycles. The van der Waals surface area contributed by atoms with Crippen molar-refractivity contribution in [2.45, 2.75) is 117 Å². The smallest absolute Gasteiger partial charge is 0.408 e. The Morgan fingerprint density at radius 2 is 1.54 bits per heavy atom. The van der Waals surface area contributed by atoms with E-state index in [0.29, 0.717) is 6.54 Å². The minimum absolute atomic E-state index is 0.0314. The van der Waals surface area contributed by atoms with Crippen LogP contribution in [0.3, 0.4) is 0 Å². The van der Waals surface area contributed by atoms with Crippen molar-refractivity contribution in [3.05, 3.63) is 71.3 Å². The predicted octanol–water partition coefficient (Wildman–Crippen LogP) is 6.89. The average Bonchev–Trinajstić information content (AvgIpc) is 2.90. The van der Waals surface area contributed by atoms with E-state index in [2.05, 4.69) is 24.5 Å². The summed E-state index contributed by atoms with van der Waals surface area (Å²) in [6.45, 7) is 13.9. The van der Waals surface area contributed by atoms with E-state index in [1.165, 1.54) is 0 Å². The molecule has 3 unspecified atom stereocenters. The summed E-state index contributed by atoms with van der Waals surface area (Å²) in [6, 6.07) is 15.5. The normalized spacial score (nSPS) is 13.5. The largest absolute Gasteiger partial charge is 0.444 e. The molecule has 0 saturated heterocycles. The maximum absolute atomic E-state index is 14.5. The molecule has 0 aliphatic carbocycles. The summed E-state index contributed by atoms with van der Waals surface area (Å²) in [5.41, 5.74) is 1.90. The Kier molecular flexibility index (Phi) is 13.9. The van der Waals surface area contributed by atoms with E-state index < -0.39 is 23.8 Å². The highest BCUT2D eigenvalue weighted by Gasteiger charge is 2.37. The van der Waals surface area contributed by atoms with Crippen LogP contribution in [0, 0.1) is 6.92 Å². The van der Waals surface area contributed by atoms with E-state index in [1.807, 2.05) is 68.4 Å². The Morgan fingerprint density at radius 3 is 2.15 bits per heavy atom. The molecule has 0 radical (unpaired) electrons. The molecule has 0 spiro atoms. The van der Waals surface area contributed by atoms with Crippen molar-refractivity contribution in [2.75, 3.05) is 6.54 Å². The van der Waals surface area contributed by atoms with E-state index in [-0.39, 0.29) is 24.3 Å². The van der Waals surface area contributed by atoms with Crippen molar-refractivity contribution in [3.8, 4) is 0 Å². The number of rotatable bonds is 15. The van der Waals surface area contributed by atoms with Crippen LogP contribution in [0.25, 0.3) is 0 Å². The van der Waals surface area contributed by atoms with Crippen molar-refractivity contribution in [1.29, 1.82) is 0 Å². The van der Waals surface area contributed by atoms with Gasteiger partial charge in [0.1, 0.15) is 17.7 Å². The number of alkyl carbamates (subject to hydrolysis) is 1. The summed E-state index contributed by atoms with van der Waals surface area (Å²) in [5, 5.41) is 6.00. The Balaban J connectivity index is 2.56. The van der Waals surface area contributed by atoms with Gasteiger partial charge < -0.3 is 20.3 Å². The van der Waals surface area contributed by atoms with E-state index in [0.717, 1.165) is 55.2 Å². The first-order valence-corrected chi connectivity index (χ1v) is 15.2. The van der Waals surface area contributed by atoms with Crippen LogP contribution in [-0.2, 0) is 20.7 Å². The summed E-state index contributed by atoms with van der Waals surface area (Å²) >= 11 is 0. The highest BCUT2D eigenvalue weighted by Crippen LogP contribution is 2.27. The zero-order valence-corrected chi connectivity index (χ0v) is 26.2. The van der Waals surface area contributed by atoms with Gasteiger partial charge in [0.2, 0.25) is 11.8 Å². The topological polar surface area (TPSA) is 87.7 Å². The summed E-state index contributed by atoms with van der Waals surface area (Å²) < 4.78 is 5.54. The van der Waals surface area contributed by atoms with Gasteiger partial charge >= 0.3 is 6.09 Å². The fourth-order valence-electron chi connectivity index (χ4n) is 4.95. The highest BCUT2D eigenvalue weighted by atomic mass is 16.6. The van der Waals surface area contributed by atoms with Gasteiger partial charge in [-0.2, -0.15) is 0 Å². The quantitative estimate of drug-likeness (QED) is 0.230. The lowest BCUT2D eigenvalue weighted by Crippen LogP contribution is -2.54. The molecule has 2 N–H and O–H groups in total. The third kappa shape index (κ3) is 11.6. The summed E-state index contributed by atoms with van der Waals surface area (Å²) in [4.78, 5) is 43.1. The number of amides is 3. The van der Waals surface area contributed by atoms with Crippen LogP contribution in [0.1, 0.15) is 103 Å². The van der Waals surface area contributed by atoms with Crippen molar-refractivity contribution in [3.63, 3.8) is 0 Å². The van der Waals surface area contributed by atoms with Gasteiger partial charge in [-0.25, -0.2) is 4.79 Å². The number of aryl methyl sites for hydroxylation is 1. The molecule has 0 fully saturated rings. The van der Waals surface area contributed by atoms with Gasteiger partial charge in [0, 0.05) is 19.0 Å². The number of hydrogen-bond acceptors (Lipinski definition) is 4. The Morgan fingerprint density at radius 1 is 0.878 bits per heavy atom. The lowest BCUT2D eigenvalue weighted by atomic mass is 9.96.